The van der Waals surface area contributed by atoms with Gasteiger partial charge in [0.2, 0.25) is 0 Å². The number of nitrogens with zero attached hydrogens (tertiary/aromatic N) is 2. The van der Waals surface area contributed by atoms with Crippen LogP contribution in [0.1, 0.15) is 5.56 Å². The number of carbonyl (C=O) groups excluding carboxylic acids is 1. The molecule has 0 saturated heterocycles. The third kappa shape index (κ3) is 5.84. The number of carbonyl (C=O) groups is 1. The van der Waals surface area contributed by atoms with Crippen LogP contribution in [-0.2, 0) is 14.8 Å². The second-order valence-corrected chi connectivity index (χ2v) is 8.79. The number of hydrogen-bond acceptors (Lipinski definition) is 7. The summed E-state index contributed by atoms with van der Waals surface area (Å²) in [5.41, 5.74) is 3.32. The van der Waals surface area contributed by atoms with Gasteiger partial charge in [-0.1, -0.05) is 18.2 Å². The van der Waals surface area contributed by atoms with Gasteiger partial charge in [-0.3, -0.25) is 9.10 Å². The first kappa shape index (κ1) is 24.6. The Labute approximate surface area is 198 Å². The lowest BCUT2D eigenvalue weighted by molar-refractivity contribution is -0.119. The molecule has 1 N–H and O–H groups in total. The van der Waals surface area contributed by atoms with Crippen molar-refractivity contribution >= 4 is 27.8 Å². The summed E-state index contributed by atoms with van der Waals surface area (Å²) >= 11 is 0. The van der Waals surface area contributed by atoms with Crippen LogP contribution in [-0.4, -0.2) is 48.4 Å². The van der Waals surface area contributed by atoms with Crippen LogP contribution in [0.2, 0.25) is 0 Å². The molecule has 3 aromatic rings. The molecule has 0 radical (unpaired) electrons. The van der Waals surface area contributed by atoms with Gasteiger partial charge < -0.3 is 14.2 Å². The highest BCUT2D eigenvalue weighted by Crippen LogP contribution is 2.25. The lowest BCUT2D eigenvalue weighted by Gasteiger charge is -2.23. The zero-order valence-electron chi connectivity index (χ0n) is 19.0. The number of benzene rings is 3. The van der Waals surface area contributed by atoms with Gasteiger partial charge in [0.05, 0.1) is 38.1 Å². The summed E-state index contributed by atoms with van der Waals surface area (Å²) in [5.74, 6) is 1.02. The Bertz CT molecular complexity index is 1250. The molecule has 9 nitrogen and oxygen atoms in total. The molecule has 3 aromatic carbocycles. The first-order valence-electron chi connectivity index (χ1n) is 10.1. The normalized spacial score (nSPS) is 11.1. The third-order valence-corrected chi connectivity index (χ3v) is 6.60. The van der Waals surface area contributed by atoms with Crippen LogP contribution in [0, 0.1) is 0 Å². The first-order valence-corrected chi connectivity index (χ1v) is 11.6. The molecule has 0 heterocycles. The maximum absolute atomic E-state index is 13.3. The molecule has 0 atom stereocenters. The van der Waals surface area contributed by atoms with Crippen molar-refractivity contribution in [2.45, 2.75) is 4.90 Å². The first-order chi connectivity index (χ1) is 16.4. The Hall–Kier alpha value is -4.05. The summed E-state index contributed by atoms with van der Waals surface area (Å²) in [4.78, 5) is 12.7. The number of para-hydroxylation sites is 1. The highest BCUT2D eigenvalue weighted by molar-refractivity contribution is 7.92. The number of anilines is 1. The minimum Gasteiger partial charge on any atom is -0.497 e. The number of sulfonamides is 1. The molecule has 0 aliphatic heterocycles. The Morgan fingerprint density at radius 3 is 2.18 bits per heavy atom. The van der Waals surface area contributed by atoms with Crippen LogP contribution in [0.25, 0.3) is 0 Å². The number of ether oxygens (including phenoxy) is 3. The van der Waals surface area contributed by atoms with Crippen molar-refractivity contribution in [1.82, 2.24) is 5.43 Å². The zero-order valence-corrected chi connectivity index (χ0v) is 19.8. The molecule has 0 spiro atoms. The average Bonchev–Trinajstić information content (AvgIpc) is 2.87. The summed E-state index contributed by atoms with van der Waals surface area (Å²) < 4.78 is 43.3. The van der Waals surface area contributed by atoms with E-state index in [-0.39, 0.29) is 4.90 Å². The van der Waals surface area contributed by atoms with Crippen molar-refractivity contribution in [1.29, 1.82) is 0 Å². The largest absolute Gasteiger partial charge is 0.497 e. The van der Waals surface area contributed by atoms with Gasteiger partial charge in [-0.2, -0.15) is 5.10 Å². The fourth-order valence-electron chi connectivity index (χ4n) is 3.05. The van der Waals surface area contributed by atoms with Crippen molar-refractivity contribution < 1.29 is 27.4 Å². The van der Waals surface area contributed by atoms with Gasteiger partial charge >= 0.3 is 0 Å². The van der Waals surface area contributed by atoms with E-state index in [1.165, 1.54) is 32.6 Å². The predicted molar refractivity (Wildman–Crippen MR) is 129 cm³/mol. The molecule has 0 unspecified atom stereocenters. The van der Waals surface area contributed by atoms with Crippen molar-refractivity contribution in [3.8, 4) is 17.2 Å². The summed E-state index contributed by atoms with van der Waals surface area (Å²) in [7, 11) is 0.503. The minimum atomic E-state index is -4.04. The number of rotatable bonds is 10. The maximum atomic E-state index is 13.3. The third-order valence-electron chi connectivity index (χ3n) is 4.81. The Morgan fingerprint density at radius 2 is 1.56 bits per heavy atom. The SMILES string of the molecule is COc1ccc(S(=O)(=O)N(CC(=O)N/N=C\c2ccc(OC)cc2OC)c2ccccc2)cc1. The van der Waals surface area contributed by atoms with E-state index in [0.29, 0.717) is 28.5 Å². The smallest absolute Gasteiger partial charge is 0.264 e. The lowest BCUT2D eigenvalue weighted by atomic mass is 10.2. The highest BCUT2D eigenvalue weighted by atomic mass is 32.2. The summed E-state index contributed by atoms with van der Waals surface area (Å²) in [5, 5.41) is 3.95. The van der Waals surface area contributed by atoms with Crippen LogP contribution in [0.4, 0.5) is 5.69 Å². The van der Waals surface area contributed by atoms with E-state index in [2.05, 4.69) is 10.5 Å². The summed E-state index contributed by atoms with van der Waals surface area (Å²) in [6.45, 7) is -0.477. The number of methoxy groups -OCH3 is 3. The van der Waals surface area contributed by atoms with Crippen molar-refractivity contribution in [2.75, 3.05) is 32.2 Å². The minimum absolute atomic E-state index is 0.0245. The van der Waals surface area contributed by atoms with Gasteiger partial charge in [0.1, 0.15) is 23.8 Å². The topological polar surface area (TPSA) is 107 Å². The standard InChI is InChI=1S/C24H25N3O6S/c1-31-20-11-13-22(14-12-20)34(29,30)27(19-7-5-4-6-8-19)17-24(28)26-25-16-18-9-10-21(32-2)15-23(18)33-3/h4-16H,17H2,1-3H3,(H,26,28)/b25-16-. The van der Waals surface area contributed by atoms with E-state index >= 15 is 0 Å². The van der Waals surface area contributed by atoms with Gasteiger partial charge in [0.15, 0.2) is 0 Å². The highest BCUT2D eigenvalue weighted by Gasteiger charge is 2.27. The molecular weight excluding hydrogens is 458 g/mol. The molecule has 178 valence electrons. The van der Waals surface area contributed by atoms with Crippen molar-refractivity contribution in [2.24, 2.45) is 5.10 Å². The number of amides is 1. The van der Waals surface area contributed by atoms with Gasteiger partial charge in [-0.05, 0) is 48.5 Å². The van der Waals surface area contributed by atoms with Crippen LogP contribution in [0.15, 0.2) is 82.8 Å². The van der Waals surface area contributed by atoms with E-state index in [1.54, 1.807) is 67.8 Å². The molecule has 3 rings (SSSR count). The van der Waals surface area contributed by atoms with Crippen LogP contribution >= 0.6 is 0 Å². The van der Waals surface area contributed by atoms with E-state index in [9.17, 15) is 13.2 Å². The molecule has 34 heavy (non-hydrogen) atoms. The second kappa shape index (κ2) is 11.2. The lowest BCUT2D eigenvalue weighted by Crippen LogP contribution is -2.39. The van der Waals surface area contributed by atoms with Crippen molar-refractivity contribution in [3.63, 3.8) is 0 Å². The monoisotopic (exact) mass is 483 g/mol. The molecule has 0 bridgehead atoms. The summed E-state index contributed by atoms with van der Waals surface area (Å²) in [6.07, 6.45) is 1.40. The van der Waals surface area contributed by atoms with E-state index in [1.807, 2.05) is 0 Å². The summed E-state index contributed by atoms with van der Waals surface area (Å²) in [6, 6.07) is 19.4. The fraction of sp³-hybridized carbons (Fsp3) is 0.167. The molecule has 0 saturated carbocycles. The Kier molecular flexibility index (Phi) is 8.10. The predicted octanol–water partition coefficient (Wildman–Crippen LogP) is 3.06. The number of hydrogen-bond donors (Lipinski definition) is 1. The van der Waals surface area contributed by atoms with E-state index < -0.39 is 22.5 Å². The zero-order chi connectivity index (χ0) is 24.6. The van der Waals surface area contributed by atoms with Crippen LogP contribution < -0.4 is 23.9 Å². The van der Waals surface area contributed by atoms with Gasteiger partial charge in [0.25, 0.3) is 15.9 Å². The van der Waals surface area contributed by atoms with Gasteiger partial charge in [0, 0.05) is 11.6 Å². The Balaban J connectivity index is 1.80. The molecule has 0 fully saturated rings. The van der Waals surface area contributed by atoms with E-state index in [4.69, 9.17) is 14.2 Å². The van der Waals surface area contributed by atoms with Crippen LogP contribution in [0.3, 0.4) is 0 Å². The number of hydrazone groups is 1. The fourth-order valence-corrected chi connectivity index (χ4v) is 4.47. The molecular formula is C24H25N3O6S. The van der Waals surface area contributed by atoms with Gasteiger partial charge in [-0.15, -0.1) is 0 Å². The molecule has 1 amide bonds. The number of nitrogens with one attached hydrogen (secondary N) is 1. The molecule has 0 aliphatic rings. The molecule has 0 aliphatic carbocycles. The Morgan fingerprint density at radius 1 is 0.912 bits per heavy atom. The van der Waals surface area contributed by atoms with Gasteiger partial charge in [-0.25, -0.2) is 13.8 Å². The quantitative estimate of drug-likeness (QED) is 0.351. The molecule has 0 aromatic heterocycles. The van der Waals surface area contributed by atoms with Crippen LogP contribution in [0.5, 0.6) is 17.2 Å². The average molecular weight is 484 g/mol. The molecule has 10 heteroatoms. The second-order valence-electron chi connectivity index (χ2n) is 6.92. The van der Waals surface area contributed by atoms with Crippen molar-refractivity contribution in [3.05, 3.63) is 78.4 Å². The maximum Gasteiger partial charge on any atom is 0.264 e. The van der Waals surface area contributed by atoms with E-state index in [0.717, 1.165) is 4.31 Å².